The molecule has 0 amide bonds. The molecule has 0 atom stereocenters. The van der Waals surface area contributed by atoms with Gasteiger partial charge in [-0.05, 0) is 25.0 Å². The van der Waals surface area contributed by atoms with E-state index in [2.05, 4.69) is 27.9 Å². The van der Waals surface area contributed by atoms with Crippen molar-refractivity contribution in [3.8, 4) is 0 Å². The predicted octanol–water partition coefficient (Wildman–Crippen LogP) is 6.55. The minimum Gasteiger partial charge on any atom is -0.378 e. The average molecular weight is 419 g/mol. The van der Waals surface area contributed by atoms with Crippen LogP contribution in [0.3, 0.4) is 0 Å². The summed E-state index contributed by atoms with van der Waals surface area (Å²) in [5.41, 5.74) is 0. The Labute approximate surface area is 181 Å². The summed E-state index contributed by atoms with van der Waals surface area (Å²) in [6.07, 6.45) is 16.7. The van der Waals surface area contributed by atoms with Crippen molar-refractivity contribution in [2.75, 3.05) is 65.1 Å². The largest absolute Gasteiger partial charge is 0.378 e. The summed E-state index contributed by atoms with van der Waals surface area (Å²) in [4.78, 5) is 0. The van der Waals surface area contributed by atoms with E-state index in [4.69, 9.17) is 9.47 Å². The minimum absolute atomic E-state index is 0.734. The van der Waals surface area contributed by atoms with Gasteiger partial charge in [0.2, 0.25) is 0 Å². The van der Waals surface area contributed by atoms with Gasteiger partial charge in [0.15, 0.2) is 0 Å². The van der Waals surface area contributed by atoms with Crippen LogP contribution in [-0.2, 0) is 9.47 Å². The Morgan fingerprint density at radius 2 is 1.07 bits per heavy atom. The fraction of sp³-hybridized carbons (Fsp3) is 1.00. The Balaban J connectivity index is 3.30. The van der Waals surface area contributed by atoms with E-state index < -0.39 is 0 Å². The van der Waals surface area contributed by atoms with Gasteiger partial charge in [0.05, 0.1) is 47.1 Å². The molecule has 0 aliphatic carbocycles. The van der Waals surface area contributed by atoms with Gasteiger partial charge in [0.25, 0.3) is 0 Å². The Hall–Kier alpha value is 0.230. The van der Waals surface area contributed by atoms with E-state index >= 15 is 0 Å². The fourth-order valence-electron chi connectivity index (χ4n) is 3.24. The lowest BCUT2D eigenvalue weighted by atomic mass is 10.1. The highest BCUT2D eigenvalue weighted by Gasteiger charge is 2.13. The molecule has 0 fully saturated rings. The molecular weight excluding hydrogens is 366 g/mol. The van der Waals surface area contributed by atoms with Gasteiger partial charge in [-0.25, -0.2) is 0 Å². The van der Waals surface area contributed by atoms with E-state index in [-0.39, 0.29) is 0 Å². The zero-order valence-electron chi connectivity index (χ0n) is 19.8. The molecule has 0 spiro atoms. The van der Waals surface area contributed by atoms with E-state index in [9.17, 15) is 0 Å². The molecule has 0 unspecified atom stereocenters. The third-order valence-corrected chi connectivity index (χ3v) is 6.38. The highest BCUT2D eigenvalue weighted by Crippen LogP contribution is 2.11. The second kappa shape index (κ2) is 21.9. The van der Waals surface area contributed by atoms with Crippen LogP contribution >= 0.6 is 11.8 Å². The first kappa shape index (κ1) is 28.2. The Kier molecular flexibility index (Phi) is 22.1. The summed E-state index contributed by atoms with van der Waals surface area (Å²) >= 11 is 2.00. The number of quaternary nitrogens is 1. The summed E-state index contributed by atoms with van der Waals surface area (Å²) in [7, 11) is 4.67. The number of hydrogen-bond acceptors (Lipinski definition) is 3. The second-order valence-corrected chi connectivity index (χ2v) is 9.98. The quantitative estimate of drug-likeness (QED) is 0.138. The SMILES string of the molecule is CCCCCCCCCCCC[N+](C)(C)CCOCCOCCSCCCC. The van der Waals surface area contributed by atoms with Crippen molar-refractivity contribution in [3.05, 3.63) is 0 Å². The molecule has 4 heteroatoms. The maximum Gasteiger partial charge on any atom is 0.102 e. The van der Waals surface area contributed by atoms with Crippen molar-refractivity contribution >= 4 is 11.8 Å². The molecule has 0 heterocycles. The lowest BCUT2D eigenvalue weighted by Gasteiger charge is -2.29. The standard InChI is InChI=1S/C24H52NO2S/c1-5-7-9-10-11-12-13-14-15-16-17-25(3,4)18-19-26-20-21-27-22-24-28-23-8-6-2/h5-24H2,1-4H3/q+1. The molecule has 0 N–H and O–H groups in total. The lowest BCUT2D eigenvalue weighted by Crippen LogP contribution is -2.43. The van der Waals surface area contributed by atoms with Crippen LogP contribution in [0.1, 0.15) is 90.9 Å². The van der Waals surface area contributed by atoms with Crippen molar-refractivity contribution in [3.63, 3.8) is 0 Å². The van der Waals surface area contributed by atoms with Crippen LogP contribution in [0.25, 0.3) is 0 Å². The molecular formula is C24H52NO2S+. The first-order valence-electron chi connectivity index (χ1n) is 12.2. The molecule has 0 radical (unpaired) electrons. The number of thioether (sulfide) groups is 1. The molecule has 0 aliphatic heterocycles. The van der Waals surface area contributed by atoms with Crippen LogP contribution < -0.4 is 0 Å². The van der Waals surface area contributed by atoms with E-state index in [1.165, 1.54) is 89.3 Å². The Morgan fingerprint density at radius 3 is 1.68 bits per heavy atom. The van der Waals surface area contributed by atoms with Gasteiger partial charge in [0.1, 0.15) is 6.54 Å². The number of likely N-dealkylation sites (N-methyl/N-ethyl adjacent to an activating group) is 1. The Bertz CT molecular complexity index is 300. The van der Waals surface area contributed by atoms with Crippen LogP contribution in [0.5, 0.6) is 0 Å². The van der Waals surface area contributed by atoms with Crippen LogP contribution in [0.2, 0.25) is 0 Å². The number of unbranched alkanes of at least 4 members (excludes halogenated alkanes) is 10. The third-order valence-electron chi connectivity index (χ3n) is 5.34. The molecule has 0 aliphatic rings. The van der Waals surface area contributed by atoms with Crippen LogP contribution in [0, 0.1) is 0 Å². The number of hydrogen-bond donors (Lipinski definition) is 0. The van der Waals surface area contributed by atoms with Crippen LogP contribution in [-0.4, -0.2) is 69.6 Å². The van der Waals surface area contributed by atoms with Gasteiger partial charge in [-0.2, -0.15) is 11.8 Å². The maximum atomic E-state index is 5.77. The molecule has 170 valence electrons. The van der Waals surface area contributed by atoms with Gasteiger partial charge < -0.3 is 14.0 Å². The number of ether oxygens (including phenoxy) is 2. The molecule has 0 saturated heterocycles. The van der Waals surface area contributed by atoms with Crippen molar-refractivity contribution in [2.45, 2.75) is 90.9 Å². The minimum atomic E-state index is 0.734. The molecule has 0 saturated carbocycles. The van der Waals surface area contributed by atoms with E-state index in [0.29, 0.717) is 0 Å². The zero-order valence-corrected chi connectivity index (χ0v) is 20.6. The van der Waals surface area contributed by atoms with Gasteiger partial charge >= 0.3 is 0 Å². The van der Waals surface area contributed by atoms with Crippen molar-refractivity contribution in [1.82, 2.24) is 0 Å². The molecule has 0 aromatic carbocycles. The molecule has 0 aromatic rings. The Morgan fingerprint density at radius 1 is 0.536 bits per heavy atom. The highest BCUT2D eigenvalue weighted by atomic mass is 32.2. The second-order valence-electron chi connectivity index (χ2n) is 8.76. The third kappa shape index (κ3) is 22.5. The highest BCUT2D eigenvalue weighted by molar-refractivity contribution is 7.99. The topological polar surface area (TPSA) is 18.5 Å². The van der Waals surface area contributed by atoms with E-state index in [0.717, 1.165) is 43.2 Å². The van der Waals surface area contributed by atoms with Crippen molar-refractivity contribution in [2.24, 2.45) is 0 Å². The molecule has 28 heavy (non-hydrogen) atoms. The zero-order chi connectivity index (χ0) is 20.8. The molecule has 0 rings (SSSR count). The summed E-state index contributed by atoms with van der Waals surface area (Å²) in [6, 6.07) is 0. The average Bonchev–Trinajstić information content (AvgIpc) is 2.67. The predicted molar refractivity (Wildman–Crippen MR) is 128 cm³/mol. The van der Waals surface area contributed by atoms with Gasteiger partial charge in [-0.3, -0.25) is 0 Å². The molecule has 3 nitrogen and oxygen atoms in total. The first-order chi connectivity index (χ1) is 13.6. The van der Waals surface area contributed by atoms with Crippen molar-refractivity contribution in [1.29, 1.82) is 0 Å². The maximum absolute atomic E-state index is 5.77. The number of rotatable bonds is 23. The van der Waals surface area contributed by atoms with Gasteiger partial charge in [0, 0.05) is 5.75 Å². The van der Waals surface area contributed by atoms with Crippen molar-refractivity contribution < 1.29 is 14.0 Å². The summed E-state index contributed by atoms with van der Waals surface area (Å²) in [6.45, 7) is 10.1. The summed E-state index contributed by atoms with van der Waals surface area (Å²) < 4.78 is 12.5. The summed E-state index contributed by atoms with van der Waals surface area (Å²) in [5.74, 6) is 2.38. The van der Waals surface area contributed by atoms with Gasteiger partial charge in [-0.15, -0.1) is 0 Å². The molecule has 0 aromatic heterocycles. The van der Waals surface area contributed by atoms with Gasteiger partial charge in [-0.1, -0.05) is 71.6 Å². The lowest BCUT2D eigenvalue weighted by molar-refractivity contribution is -0.891. The van der Waals surface area contributed by atoms with Crippen LogP contribution in [0.15, 0.2) is 0 Å². The van der Waals surface area contributed by atoms with E-state index in [1.807, 2.05) is 11.8 Å². The smallest absolute Gasteiger partial charge is 0.102 e. The molecule has 0 bridgehead atoms. The number of nitrogens with zero attached hydrogens (tertiary/aromatic N) is 1. The van der Waals surface area contributed by atoms with E-state index in [1.54, 1.807) is 0 Å². The normalized spacial score (nSPS) is 12.0. The first-order valence-corrected chi connectivity index (χ1v) is 13.3. The monoisotopic (exact) mass is 418 g/mol. The van der Waals surface area contributed by atoms with Crippen LogP contribution in [0.4, 0.5) is 0 Å². The summed E-state index contributed by atoms with van der Waals surface area (Å²) in [5, 5.41) is 0. The fourth-order valence-corrected chi connectivity index (χ4v) is 4.17.